The maximum atomic E-state index is 12.6. The van der Waals surface area contributed by atoms with E-state index in [0.29, 0.717) is 22.0 Å². The van der Waals surface area contributed by atoms with Crippen LogP contribution in [0.25, 0.3) is 0 Å². The molecule has 0 saturated heterocycles. The van der Waals surface area contributed by atoms with Gasteiger partial charge in [-0.05, 0) is 54.4 Å². The van der Waals surface area contributed by atoms with E-state index >= 15 is 0 Å². The van der Waals surface area contributed by atoms with E-state index in [9.17, 15) is 9.59 Å². The number of nitrogens with one attached hydrogen (secondary N) is 1. The van der Waals surface area contributed by atoms with Crippen LogP contribution in [0.4, 0.5) is 5.00 Å². The zero-order valence-electron chi connectivity index (χ0n) is 15.2. The maximum absolute atomic E-state index is 12.6. The molecule has 1 unspecified atom stereocenters. The van der Waals surface area contributed by atoms with E-state index in [4.69, 9.17) is 5.73 Å². The Bertz CT molecular complexity index is 867. The van der Waals surface area contributed by atoms with Crippen molar-refractivity contribution in [3.63, 3.8) is 0 Å². The normalized spacial score (nSPS) is 16.8. The summed E-state index contributed by atoms with van der Waals surface area (Å²) in [5, 5.41) is 3.48. The molecule has 3 N–H and O–H groups in total. The van der Waals surface area contributed by atoms with E-state index in [1.54, 1.807) is 18.2 Å². The number of anilines is 1. The third kappa shape index (κ3) is 3.86. The minimum atomic E-state index is -0.471. The molecule has 138 valence electrons. The topological polar surface area (TPSA) is 72.2 Å². The number of benzene rings is 1. The molecule has 26 heavy (non-hydrogen) atoms. The van der Waals surface area contributed by atoms with Crippen molar-refractivity contribution in [3.05, 3.63) is 50.3 Å². The zero-order valence-corrected chi connectivity index (χ0v) is 17.6. The largest absolute Gasteiger partial charge is 0.365 e. The van der Waals surface area contributed by atoms with Crippen LogP contribution in [-0.4, -0.2) is 11.8 Å². The molecule has 6 heteroatoms. The molecular weight excluding hydrogens is 412 g/mol. The summed E-state index contributed by atoms with van der Waals surface area (Å²) in [5.74, 6) is -0.149. The van der Waals surface area contributed by atoms with Crippen LogP contribution in [0.5, 0.6) is 0 Å². The second-order valence-electron chi connectivity index (χ2n) is 7.84. The molecule has 1 aliphatic carbocycles. The van der Waals surface area contributed by atoms with Crippen LogP contribution in [0.1, 0.15) is 58.3 Å². The van der Waals surface area contributed by atoms with Gasteiger partial charge in [0.15, 0.2) is 0 Å². The SMILES string of the molecule is CC(C)(C)C1CCc2c(sc(NC(=O)c3cccc(Br)c3)c2C(N)=O)C1. The van der Waals surface area contributed by atoms with Gasteiger partial charge in [-0.25, -0.2) is 0 Å². The number of carbonyl (C=O) groups is 2. The minimum Gasteiger partial charge on any atom is -0.365 e. The Balaban J connectivity index is 1.92. The summed E-state index contributed by atoms with van der Waals surface area (Å²) >= 11 is 4.87. The third-order valence-electron chi connectivity index (χ3n) is 5.05. The highest BCUT2D eigenvalue weighted by Crippen LogP contribution is 2.44. The molecule has 0 aliphatic heterocycles. The van der Waals surface area contributed by atoms with Gasteiger partial charge in [-0.2, -0.15) is 0 Å². The Morgan fingerprint density at radius 2 is 2.04 bits per heavy atom. The number of thiophene rings is 1. The van der Waals surface area contributed by atoms with Crippen molar-refractivity contribution in [2.45, 2.75) is 40.0 Å². The van der Waals surface area contributed by atoms with Gasteiger partial charge in [-0.3, -0.25) is 9.59 Å². The lowest BCUT2D eigenvalue weighted by Gasteiger charge is -2.33. The van der Waals surface area contributed by atoms with Crippen molar-refractivity contribution in [3.8, 4) is 0 Å². The first-order chi connectivity index (χ1) is 12.2. The van der Waals surface area contributed by atoms with Crippen LogP contribution in [0, 0.1) is 11.3 Å². The van der Waals surface area contributed by atoms with Crippen LogP contribution in [0.3, 0.4) is 0 Å². The summed E-state index contributed by atoms with van der Waals surface area (Å²) in [6.45, 7) is 6.75. The highest BCUT2D eigenvalue weighted by molar-refractivity contribution is 9.10. The fourth-order valence-corrected chi connectivity index (χ4v) is 5.21. The summed E-state index contributed by atoms with van der Waals surface area (Å²) in [5.41, 5.74) is 7.91. The smallest absolute Gasteiger partial charge is 0.256 e. The number of fused-ring (bicyclic) bond motifs is 1. The van der Waals surface area contributed by atoms with Crippen molar-refractivity contribution in [2.24, 2.45) is 17.1 Å². The average Bonchev–Trinajstić information content (AvgIpc) is 2.91. The van der Waals surface area contributed by atoms with E-state index in [-0.39, 0.29) is 11.3 Å². The molecule has 0 fully saturated rings. The van der Waals surface area contributed by atoms with Crippen LogP contribution >= 0.6 is 27.3 Å². The standard InChI is InChI=1S/C20H23BrN2O2S/c1-20(2,3)12-7-8-14-15(10-12)26-19(16(14)17(22)24)23-18(25)11-5-4-6-13(21)9-11/h4-6,9,12H,7-8,10H2,1-3H3,(H2,22,24)(H,23,25). The van der Waals surface area contributed by atoms with E-state index in [1.807, 2.05) is 6.07 Å². The van der Waals surface area contributed by atoms with Gasteiger partial charge in [0.05, 0.1) is 5.56 Å². The molecule has 4 nitrogen and oxygen atoms in total. The number of carbonyl (C=O) groups excluding carboxylic acids is 2. The molecule has 2 amide bonds. The monoisotopic (exact) mass is 434 g/mol. The first-order valence-electron chi connectivity index (χ1n) is 8.68. The molecule has 0 spiro atoms. The second kappa shape index (κ2) is 7.16. The van der Waals surface area contributed by atoms with Gasteiger partial charge in [0.25, 0.3) is 11.8 Å². The molecule has 1 atom stereocenters. The second-order valence-corrected chi connectivity index (χ2v) is 9.86. The van der Waals surface area contributed by atoms with Crippen LogP contribution in [0.2, 0.25) is 0 Å². The van der Waals surface area contributed by atoms with E-state index < -0.39 is 5.91 Å². The van der Waals surface area contributed by atoms with Crippen LogP contribution < -0.4 is 11.1 Å². The Morgan fingerprint density at radius 1 is 1.31 bits per heavy atom. The van der Waals surface area contributed by atoms with Gasteiger partial charge in [-0.1, -0.05) is 42.8 Å². The Kier molecular flexibility index (Phi) is 5.26. The fourth-order valence-electron chi connectivity index (χ4n) is 3.48. The summed E-state index contributed by atoms with van der Waals surface area (Å²) < 4.78 is 0.832. The number of hydrogen-bond acceptors (Lipinski definition) is 3. The first kappa shape index (κ1) is 19.1. The van der Waals surface area contributed by atoms with E-state index in [1.165, 1.54) is 16.2 Å². The van der Waals surface area contributed by atoms with Gasteiger partial charge in [0.2, 0.25) is 0 Å². The fraction of sp³-hybridized carbons (Fsp3) is 0.400. The van der Waals surface area contributed by atoms with Gasteiger partial charge >= 0.3 is 0 Å². The summed E-state index contributed by atoms with van der Waals surface area (Å²) in [6, 6.07) is 7.17. The van der Waals surface area contributed by atoms with Gasteiger partial charge in [0.1, 0.15) is 5.00 Å². The van der Waals surface area contributed by atoms with Crippen molar-refractivity contribution in [2.75, 3.05) is 5.32 Å². The number of nitrogens with two attached hydrogens (primary N) is 1. The summed E-state index contributed by atoms with van der Waals surface area (Å²) in [7, 11) is 0. The molecule has 2 aromatic rings. The van der Waals surface area contributed by atoms with Crippen molar-refractivity contribution in [1.29, 1.82) is 0 Å². The Hall–Kier alpha value is -1.66. The van der Waals surface area contributed by atoms with Gasteiger partial charge in [-0.15, -0.1) is 11.3 Å². The van der Waals surface area contributed by atoms with E-state index in [2.05, 4.69) is 42.0 Å². The average molecular weight is 435 g/mol. The molecule has 1 aliphatic rings. The zero-order chi connectivity index (χ0) is 19.1. The molecule has 0 bridgehead atoms. The summed E-state index contributed by atoms with van der Waals surface area (Å²) in [6.07, 6.45) is 2.79. The first-order valence-corrected chi connectivity index (χ1v) is 10.3. The predicted octanol–water partition coefficient (Wildman–Crippen LogP) is 5.01. The predicted molar refractivity (Wildman–Crippen MR) is 110 cm³/mol. The third-order valence-corrected chi connectivity index (χ3v) is 6.71. The quantitative estimate of drug-likeness (QED) is 0.711. The molecule has 3 rings (SSSR count). The van der Waals surface area contributed by atoms with Crippen molar-refractivity contribution in [1.82, 2.24) is 0 Å². The lowest BCUT2D eigenvalue weighted by Crippen LogP contribution is -2.27. The number of primary amides is 1. The molecule has 0 saturated carbocycles. The number of rotatable bonds is 3. The van der Waals surface area contributed by atoms with Crippen molar-refractivity contribution < 1.29 is 9.59 Å². The molecular formula is C20H23BrN2O2S. The Labute approximate surface area is 166 Å². The van der Waals surface area contributed by atoms with Crippen molar-refractivity contribution >= 4 is 44.1 Å². The molecule has 1 aromatic heterocycles. The maximum Gasteiger partial charge on any atom is 0.256 e. The van der Waals surface area contributed by atoms with Gasteiger partial charge in [0, 0.05) is 14.9 Å². The number of halogens is 1. The van der Waals surface area contributed by atoms with Gasteiger partial charge < -0.3 is 11.1 Å². The highest BCUT2D eigenvalue weighted by Gasteiger charge is 2.33. The Morgan fingerprint density at radius 3 is 2.65 bits per heavy atom. The van der Waals surface area contributed by atoms with Crippen LogP contribution in [0.15, 0.2) is 28.7 Å². The minimum absolute atomic E-state index is 0.217. The highest BCUT2D eigenvalue weighted by atomic mass is 79.9. The lowest BCUT2D eigenvalue weighted by molar-refractivity contribution is 0.1000. The van der Waals surface area contributed by atoms with E-state index in [0.717, 1.165) is 29.3 Å². The summed E-state index contributed by atoms with van der Waals surface area (Å²) in [4.78, 5) is 25.9. The number of hydrogen-bond donors (Lipinski definition) is 2. The molecule has 0 radical (unpaired) electrons. The molecule has 1 aromatic carbocycles. The number of amides is 2. The van der Waals surface area contributed by atoms with Crippen LogP contribution in [-0.2, 0) is 12.8 Å². The lowest BCUT2D eigenvalue weighted by atomic mass is 9.72. The molecule has 1 heterocycles.